The molecule has 4 heteroatoms. The summed E-state index contributed by atoms with van der Waals surface area (Å²) in [4.78, 5) is 12.1. The molecule has 1 unspecified atom stereocenters. The Hall–Kier alpha value is -1.55. The second kappa shape index (κ2) is 7.90. The lowest BCUT2D eigenvalue weighted by molar-refractivity contribution is -0.117. The third-order valence-corrected chi connectivity index (χ3v) is 3.32. The predicted molar refractivity (Wildman–Crippen MR) is 83.0 cm³/mol. The SMILES string of the molecule is COc1ccc(NC(=O)CC(CN)CC(C)C)c(C)c1. The van der Waals surface area contributed by atoms with Gasteiger partial charge in [-0.15, -0.1) is 0 Å². The van der Waals surface area contributed by atoms with Crippen molar-refractivity contribution in [2.75, 3.05) is 19.0 Å². The van der Waals surface area contributed by atoms with Crippen molar-refractivity contribution in [3.63, 3.8) is 0 Å². The minimum atomic E-state index is 0.0226. The lowest BCUT2D eigenvalue weighted by Gasteiger charge is -2.17. The summed E-state index contributed by atoms with van der Waals surface area (Å²) in [6.45, 7) is 6.79. The van der Waals surface area contributed by atoms with Crippen LogP contribution < -0.4 is 15.8 Å². The van der Waals surface area contributed by atoms with Crippen molar-refractivity contribution in [2.45, 2.75) is 33.6 Å². The first-order valence-corrected chi connectivity index (χ1v) is 7.10. The van der Waals surface area contributed by atoms with Gasteiger partial charge in [0.2, 0.25) is 5.91 Å². The van der Waals surface area contributed by atoms with E-state index in [1.807, 2.05) is 25.1 Å². The Morgan fingerprint density at radius 2 is 2.10 bits per heavy atom. The minimum absolute atomic E-state index is 0.0226. The number of methoxy groups -OCH3 is 1. The van der Waals surface area contributed by atoms with Crippen molar-refractivity contribution in [3.05, 3.63) is 23.8 Å². The normalized spacial score (nSPS) is 12.3. The Kier molecular flexibility index (Phi) is 6.52. The molecule has 20 heavy (non-hydrogen) atoms. The molecule has 4 nitrogen and oxygen atoms in total. The fourth-order valence-electron chi connectivity index (χ4n) is 2.30. The molecule has 0 fully saturated rings. The van der Waals surface area contributed by atoms with E-state index in [9.17, 15) is 4.79 Å². The predicted octanol–water partition coefficient (Wildman–Crippen LogP) is 2.95. The fraction of sp³-hybridized carbons (Fsp3) is 0.562. The third kappa shape index (κ3) is 5.21. The van der Waals surface area contributed by atoms with Crippen molar-refractivity contribution in [2.24, 2.45) is 17.6 Å². The molecule has 1 rings (SSSR count). The number of ether oxygens (including phenoxy) is 1. The molecule has 0 aliphatic rings. The van der Waals surface area contributed by atoms with Crippen LogP contribution in [0, 0.1) is 18.8 Å². The summed E-state index contributed by atoms with van der Waals surface area (Å²) in [6.07, 6.45) is 1.45. The molecule has 1 aromatic carbocycles. The van der Waals surface area contributed by atoms with E-state index in [-0.39, 0.29) is 11.8 Å². The maximum atomic E-state index is 12.1. The van der Waals surface area contributed by atoms with Crippen LogP contribution >= 0.6 is 0 Å². The van der Waals surface area contributed by atoms with Gasteiger partial charge in [0, 0.05) is 12.1 Å². The first-order valence-electron chi connectivity index (χ1n) is 7.10. The van der Waals surface area contributed by atoms with E-state index in [2.05, 4.69) is 19.2 Å². The van der Waals surface area contributed by atoms with Crippen molar-refractivity contribution in [1.82, 2.24) is 0 Å². The molecule has 0 aromatic heterocycles. The van der Waals surface area contributed by atoms with Gasteiger partial charge in [-0.25, -0.2) is 0 Å². The molecule has 0 bridgehead atoms. The fourth-order valence-corrected chi connectivity index (χ4v) is 2.30. The Morgan fingerprint density at radius 3 is 2.60 bits per heavy atom. The number of hydrogen-bond donors (Lipinski definition) is 2. The van der Waals surface area contributed by atoms with E-state index in [1.165, 1.54) is 0 Å². The number of benzene rings is 1. The average Bonchev–Trinajstić information content (AvgIpc) is 2.39. The van der Waals surface area contributed by atoms with E-state index >= 15 is 0 Å². The molecular formula is C16H26N2O2. The zero-order chi connectivity index (χ0) is 15.1. The first-order chi connectivity index (χ1) is 9.46. The summed E-state index contributed by atoms with van der Waals surface area (Å²) in [6, 6.07) is 5.62. The molecular weight excluding hydrogens is 252 g/mol. The van der Waals surface area contributed by atoms with E-state index in [1.54, 1.807) is 7.11 Å². The lowest BCUT2D eigenvalue weighted by Crippen LogP contribution is -2.23. The molecule has 0 saturated heterocycles. The third-order valence-electron chi connectivity index (χ3n) is 3.32. The summed E-state index contributed by atoms with van der Waals surface area (Å²) in [5, 5.41) is 2.95. The van der Waals surface area contributed by atoms with Crippen LogP contribution in [0.2, 0.25) is 0 Å². The number of nitrogens with two attached hydrogens (primary N) is 1. The first kappa shape index (κ1) is 16.5. The van der Waals surface area contributed by atoms with E-state index in [0.717, 1.165) is 23.4 Å². The highest BCUT2D eigenvalue weighted by Crippen LogP contribution is 2.22. The topological polar surface area (TPSA) is 64.3 Å². The minimum Gasteiger partial charge on any atom is -0.497 e. The molecule has 1 aromatic rings. The zero-order valence-electron chi connectivity index (χ0n) is 12.9. The van der Waals surface area contributed by atoms with Gasteiger partial charge in [-0.1, -0.05) is 13.8 Å². The number of rotatable bonds is 7. The molecule has 1 amide bonds. The van der Waals surface area contributed by atoms with E-state index < -0.39 is 0 Å². The molecule has 0 aliphatic carbocycles. The van der Waals surface area contributed by atoms with Crippen molar-refractivity contribution in [1.29, 1.82) is 0 Å². The van der Waals surface area contributed by atoms with Gasteiger partial charge in [0.25, 0.3) is 0 Å². The number of amides is 1. The molecule has 112 valence electrons. The van der Waals surface area contributed by atoms with Gasteiger partial charge in [-0.2, -0.15) is 0 Å². The standard InChI is InChI=1S/C16H26N2O2/c1-11(2)7-13(10-17)9-16(19)18-15-6-5-14(20-4)8-12(15)3/h5-6,8,11,13H,7,9-10,17H2,1-4H3,(H,18,19). The van der Waals surface area contributed by atoms with Gasteiger partial charge in [0.05, 0.1) is 7.11 Å². The molecule has 0 aliphatic heterocycles. The number of anilines is 1. The van der Waals surface area contributed by atoms with Gasteiger partial charge < -0.3 is 15.8 Å². The maximum Gasteiger partial charge on any atom is 0.224 e. The monoisotopic (exact) mass is 278 g/mol. The number of carbonyl (C=O) groups is 1. The summed E-state index contributed by atoms with van der Waals surface area (Å²) in [5.74, 6) is 1.61. The highest BCUT2D eigenvalue weighted by molar-refractivity contribution is 5.91. The average molecular weight is 278 g/mol. The molecule has 0 spiro atoms. The zero-order valence-corrected chi connectivity index (χ0v) is 12.9. The maximum absolute atomic E-state index is 12.1. The number of aryl methyl sites for hydroxylation is 1. The van der Waals surface area contributed by atoms with Crippen LogP contribution in [0.15, 0.2) is 18.2 Å². The molecule has 0 radical (unpaired) electrons. The van der Waals surface area contributed by atoms with E-state index in [0.29, 0.717) is 18.9 Å². The Labute approximate surface area is 121 Å². The number of carbonyl (C=O) groups excluding carboxylic acids is 1. The van der Waals surface area contributed by atoms with Gasteiger partial charge in [-0.3, -0.25) is 4.79 Å². The summed E-state index contributed by atoms with van der Waals surface area (Å²) in [5.41, 5.74) is 7.56. The van der Waals surface area contributed by atoms with Gasteiger partial charge in [-0.05, 0) is 55.5 Å². The number of nitrogens with one attached hydrogen (secondary N) is 1. The van der Waals surface area contributed by atoms with Crippen molar-refractivity contribution >= 4 is 11.6 Å². The Morgan fingerprint density at radius 1 is 1.40 bits per heavy atom. The summed E-state index contributed by atoms with van der Waals surface area (Å²) >= 11 is 0. The second-order valence-corrected chi connectivity index (χ2v) is 5.66. The molecule has 0 heterocycles. The Balaban J connectivity index is 2.61. The van der Waals surface area contributed by atoms with Gasteiger partial charge in [0.1, 0.15) is 5.75 Å². The largest absolute Gasteiger partial charge is 0.497 e. The van der Waals surface area contributed by atoms with Crippen LogP contribution in [0.5, 0.6) is 5.75 Å². The highest BCUT2D eigenvalue weighted by Gasteiger charge is 2.14. The molecule has 3 N–H and O–H groups in total. The molecule has 0 saturated carbocycles. The van der Waals surface area contributed by atoms with E-state index in [4.69, 9.17) is 10.5 Å². The molecule has 1 atom stereocenters. The van der Waals surface area contributed by atoms with Gasteiger partial charge >= 0.3 is 0 Å². The Bertz CT molecular complexity index is 444. The second-order valence-electron chi connectivity index (χ2n) is 5.66. The quantitative estimate of drug-likeness (QED) is 0.806. The van der Waals surface area contributed by atoms with Crippen LogP contribution in [0.25, 0.3) is 0 Å². The lowest BCUT2D eigenvalue weighted by atomic mass is 9.94. The van der Waals surface area contributed by atoms with Crippen LogP contribution in [0.3, 0.4) is 0 Å². The van der Waals surface area contributed by atoms with Gasteiger partial charge in [0.15, 0.2) is 0 Å². The smallest absolute Gasteiger partial charge is 0.224 e. The van der Waals surface area contributed by atoms with Crippen LogP contribution in [-0.4, -0.2) is 19.6 Å². The van der Waals surface area contributed by atoms with Crippen molar-refractivity contribution in [3.8, 4) is 5.75 Å². The summed E-state index contributed by atoms with van der Waals surface area (Å²) in [7, 11) is 1.63. The highest BCUT2D eigenvalue weighted by atomic mass is 16.5. The van der Waals surface area contributed by atoms with Crippen LogP contribution in [0.4, 0.5) is 5.69 Å². The van der Waals surface area contributed by atoms with Crippen LogP contribution in [-0.2, 0) is 4.79 Å². The van der Waals surface area contributed by atoms with Crippen LogP contribution in [0.1, 0.15) is 32.3 Å². The van der Waals surface area contributed by atoms with Crippen molar-refractivity contribution < 1.29 is 9.53 Å². The summed E-state index contributed by atoms with van der Waals surface area (Å²) < 4.78 is 5.15. The number of hydrogen-bond acceptors (Lipinski definition) is 3.